The third-order valence-electron chi connectivity index (χ3n) is 11.7. The third kappa shape index (κ3) is 5.30. The monoisotopic (exact) mass is 768 g/mol. The zero-order valence-electron chi connectivity index (χ0n) is 30.8. The van der Waals surface area contributed by atoms with Gasteiger partial charge in [0.05, 0.1) is 39.9 Å². The van der Waals surface area contributed by atoms with Crippen LogP contribution in [-0.2, 0) is 0 Å². The van der Waals surface area contributed by atoms with E-state index in [9.17, 15) is 0 Å². The molecule has 1 fully saturated rings. The lowest BCUT2D eigenvalue weighted by Crippen LogP contribution is -2.54. The molecule has 0 saturated carbocycles. The first kappa shape index (κ1) is 33.1. The number of rotatable bonds is 5. The van der Waals surface area contributed by atoms with Gasteiger partial charge in [-0.2, -0.15) is 0 Å². The van der Waals surface area contributed by atoms with E-state index in [1.807, 2.05) is 22.7 Å². The van der Waals surface area contributed by atoms with Crippen molar-refractivity contribution in [2.75, 3.05) is 0 Å². The van der Waals surface area contributed by atoms with Crippen LogP contribution in [0.5, 0.6) is 0 Å². The van der Waals surface area contributed by atoms with Crippen LogP contribution in [0.2, 0.25) is 0 Å². The lowest BCUT2D eigenvalue weighted by molar-refractivity contribution is 0.204. The minimum Gasteiger partial charge on any atom is -0.308 e. The van der Waals surface area contributed by atoms with Crippen LogP contribution in [0, 0.1) is 0 Å². The summed E-state index contributed by atoms with van der Waals surface area (Å²) in [6.07, 6.45) is -0.152. The van der Waals surface area contributed by atoms with Crippen LogP contribution in [0.25, 0.3) is 79.0 Å². The zero-order chi connectivity index (χ0) is 37.5. The molecule has 57 heavy (non-hydrogen) atoms. The highest BCUT2D eigenvalue weighted by Crippen LogP contribution is 2.46. The van der Waals surface area contributed by atoms with E-state index >= 15 is 0 Å². The van der Waals surface area contributed by atoms with E-state index in [2.05, 4.69) is 203 Å². The molecule has 12 rings (SSSR count). The van der Waals surface area contributed by atoms with Crippen LogP contribution >= 0.6 is 22.7 Å². The molecule has 6 heteroatoms. The van der Waals surface area contributed by atoms with Gasteiger partial charge in [0.15, 0.2) is 0 Å². The second-order valence-corrected chi connectivity index (χ2v) is 17.1. The fourth-order valence-electron chi connectivity index (χ4n) is 9.19. The molecule has 0 aliphatic carbocycles. The molecule has 1 aliphatic heterocycles. The van der Waals surface area contributed by atoms with Crippen LogP contribution in [-0.4, -0.2) is 4.57 Å². The molecule has 0 spiro atoms. The van der Waals surface area contributed by atoms with Gasteiger partial charge in [0.1, 0.15) is 0 Å². The molecule has 11 aromatic rings. The van der Waals surface area contributed by atoms with Crippen molar-refractivity contribution in [3.8, 4) is 16.8 Å². The number of fused-ring (bicyclic) bond motifs is 9. The van der Waals surface area contributed by atoms with Crippen LogP contribution in [0.3, 0.4) is 0 Å². The van der Waals surface area contributed by atoms with Gasteiger partial charge in [-0.25, -0.2) is 0 Å². The average Bonchev–Trinajstić information content (AvgIpc) is 3.96. The van der Waals surface area contributed by atoms with E-state index in [0.717, 1.165) is 0 Å². The molecule has 0 bridgehead atoms. The molecule has 0 amide bonds. The van der Waals surface area contributed by atoms with E-state index in [0.29, 0.717) is 0 Å². The number of hydrogen-bond donors (Lipinski definition) is 3. The van der Waals surface area contributed by atoms with Crippen LogP contribution in [0.15, 0.2) is 182 Å². The number of para-hydroxylation sites is 2. The second kappa shape index (κ2) is 13.2. The predicted molar refractivity (Wildman–Crippen MR) is 243 cm³/mol. The van der Waals surface area contributed by atoms with Gasteiger partial charge < -0.3 is 4.57 Å². The van der Waals surface area contributed by atoms with Gasteiger partial charge in [-0.1, -0.05) is 140 Å². The molecular weight excluding hydrogens is 733 g/mol. The molecule has 2 unspecified atom stereocenters. The van der Waals surface area contributed by atoms with E-state index in [4.69, 9.17) is 0 Å². The summed E-state index contributed by atoms with van der Waals surface area (Å²) in [5.74, 6) is 0. The molecule has 4 nitrogen and oxygen atoms in total. The molecule has 4 heterocycles. The largest absolute Gasteiger partial charge is 0.308 e. The molecule has 8 aromatic carbocycles. The van der Waals surface area contributed by atoms with Crippen molar-refractivity contribution in [3.63, 3.8) is 0 Å². The van der Waals surface area contributed by atoms with E-state index in [1.54, 1.807) is 0 Å². The second-order valence-electron chi connectivity index (χ2n) is 15.0. The maximum Gasteiger partial charge on any atom is 0.0871 e. The van der Waals surface area contributed by atoms with Gasteiger partial charge in [0.25, 0.3) is 0 Å². The van der Waals surface area contributed by atoms with Gasteiger partial charge in [0, 0.05) is 46.4 Å². The minimum absolute atomic E-state index is 0.0322. The number of nitrogens with one attached hydrogen (secondary N) is 3. The summed E-state index contributed by atoms with van der Waals surface area (Å²) in [7, 11) is 0. The first-order valence-electron chi connectivity index (χ1n) is 19.5. The highest BCUT2D eigenvalue weighted by Gasteiger charge is 2.31. The van der Waals surface area contributed by atoms with Crippen molar-refractivity contribution in [2.45, 2.75) is 18.5 Å². The Bertz CT molecular complexity index is 3210. The molecule has 1 aliphatic rings. The summed E-state index contributed by atoms with van der Waals surface area (Å²) in [5.41, 5.74) is 9.89. The molecular formula is C51H36N4S2. The predicted octanol–water partition coefficient (Wildman–Crippen LogP) is 13.4. The minimum atomic E-state index is -0.0877. The molecule has 0 radical (unpaired) electrons. The van der Waals surface area contributed by atoms with Gasteiger partial charge in [0.2, 0.25) is 0 Å². The maximum atomic E-state index is 3.94. The topological polar surface area (TPSA) is 41.0 Å². The first-order chi connectivity index (χ1) is 28.3. The average molecular weight is 769 g/mol. The highest BCUT2D eigenvalue weighted by molar-refractivity contribution is 7.26. The maximum absolute atomic E-state index is 3.94. The molecule has 2 atom stereocenters. The van der Waals surface area contributed by atoms with Gasteiger partial charge in [-0.15, -0.1) is 22.7 Å². The van der Waals surface area contributed by atoms with E-state index in [-0.39, 0.29) is 18.5 Å². The van der Waals surface area contributed by atoms with Gasteiger partial charge >= 0.3 is 0 Å². The summed E-state index contributed by atoms with van der Waals surface area (Å²) >= 11 is 3.77. The zero-order valence-corrected chi connectivity index (χ0v) is 32.4. The lowest BCUT2D eigenvalue weighted by atomic mass is 9.96. The van der Waals surface area contributed by atoms with Crippen molar-refractivity contribution >= 4 is 84.8 Å². The SMILES string of the molecule is c1ccc(C2NC(c3ccccc3)NC(c3cccc4sc5ccc(-c6cccc7sc8c(-n9c%10ccccc%10c%10ccccc%109)cccc8c67)cc5c34)N2)cc1. The third-order valence-corrected chi connectivity index (χ3v) is 14.1. The smallest absolute Gasteiger partial charge is 0.0871 e. The van der Waals surface area contributed by atoms with E-state index in [1.165, 1.54) is 95.7 Å². The Morgan fingerprint density at radius 2 is 0.982 bits per heavy atom. The number of nitrogens with zero attached hydrogens (tertiary/aromatic N) is 1. The van der Waals surface area contributed by atoms with Gasteiger partial charge in [-0.05, 0) is 70.3 Å². The van der Waals surface area contributed by atoms with Crippen LogP contribution in [0.1, 0.15) is 35.2 Å². The Labute approximate surface area is 337 Å². The number of hydrogen-bond acceptors (Lipinski definition) is 5. The number of benzene rings is 8. The Hall–Kier alpha value is -6.12. The molecule has 3 N–H and O–H groups in total. The molecule has 1 saturated heterocycles. The van der Waals surface area contributed by atoms with Crippen LogP contribution in [0.4, 0.5) is 0 Å². The normalized spacial score (nSPS) is 17.4. The standard InChI is InChI=1S/C51H36N4S2/c1-3-14-31(15-4-1)49-52-50(32-16-5-2-6-17-32)54-51(53-49)38-22-13-26-44-47(38)39-30-33(28-29-43(39)56-44)34-20-12-27-45-46(34)37-21-11-25-42(48(37)57-45)55-40-23-9-7-18-35(40)36-19-8-10-24-41(36)55/h1-30,49-54H. The van der Waals surface area contributed by atoms with Crippen molar-refractivity contribution in [2.24, 2.45) is 0 Å². The van der Waals surface area contributed by atoms with Crippen molar-refractivity contribution in [1.82, 2.24) is 20.5 Å². The fourth-order valence-corrected chi connectivity index (χ4v) is 11.5. The summed E-state index contributed by atoms with van der Waals surface area (Å²) in [6, 6.07) is 66.5. The van der Waals surface area contributed by atoms with Crippen LogP contribution < -0.4 is 16.0 Å². The highest BCUT2D eigenvalue weighted by atomic mass is 32.1. The van der Waals surface area contributed by atoms with Crippen molar-refractivity contribution < 1.29 is 0 Å². The Balaban J connectivity index is 1.02. The summed E-state index contributed by atoms with van der Waals surface area (Å²) in [4.78, 5) is 0. The van der Waals surface area contributed by atoms with E-state index < -0.39 is 0 Å². The van der Waals surface area contributed by atoms with Gasteiger partial charge in [-0.3, -0.25) is 16.0 Å². The fraction of sp³-hybridized carbons (Fsp3) is 0.0588. The Kier molecular flexibility index (Phi) is 7.68. The Morgan fingerprint density at radius 3 is 1.68 bits per heavy atom. The Morgan fingerprint density at radius 1 is 0.404 bits per heavy atom. The quantitative estimate of drug-likeness (QED) is 0.163. The molecule has 272 valence electrons. The molecule has 3 aromatic heterocycles. The first-order valence-corrected chi connectivity index (χ1v) is 21.2. The number of aromatic nitrogens is 1. The lowest BCUT2D eigenvalue weighted by Gasteiger charge is -2.40. The summed E-state index contributed by atoms with van der Waals surface area (Å²) in [6.45, 7) is 0. The summed E-state index contributed by atoms with van der Waals surface area (Å²) in [5, 5.41) is 19.5. The van der Waals surface area contributed by atoms with Crippen molar-refractivity contribution in [3.05, 3.63) is 199 Å². The number of thiophene rings is 2. The summed E-state index contributed by atoms with van der Waals surface area (Å²) < 4.78 is 7.66. The van der Waals surface area contributed by atoms with Crippen molar-refractivity contribution in [1.29, 1.82) is 0 Å².